The van der Waals surface area contributed by atoms with Crippen molar-refractivity contribution in [3.63, 3.8) is 0 Å². The summed E-state index contributed by atoms with van der Waals surface area (Å²) in [6.07, 6.45) is 4.37. The molecule has 0 fully saturated rings. The average Bonchev–Trinajstić information content (AvgIpc) is 2.85. The maximum absolute atomic E-state index is 11.4. The topological polar surface area (TPSA) is 45.8 Å². The van der Waals surface area contributed by atoms with Gasteiger partial charge < -0.3 is 0 Å². The molecule has 2 aromatic rings. The van der Waals surface area contributed by atoms with Crippen molar-refractivity contribution in [3.05, 3.63) is 53.3 Å². The summed E-state index contributed by atoms with van der Waals surface area (Å²) >= 11 is 0. The molecule has 86 valence electrons. The van der Waals surface area contributed by atoms with Crippen LogP contribution >= 0.6 is 0 Å². The Kier molecular flexibility index (Phi) is 3.50. The first kappa shape index (κ1) is 11.3. The van der Waals surface area contributed by atoms with E-state index in [0.29, 0.717) is 12.1 Å². The highest BCUT2D eigenvalue weighted by atomic mass is 16.1. The van der Waals surface area contributed by atoms with Crippen LogP contribution in [0, 0.1) is 0 Å². The molecule has 0 radical (unpaired) electrons. The van der Waals surface area contributed by atoms with E-state index in [1.807, 2.05) is 49.4 Å². The number of aromatic amines is 1. The zero-order chi connectivity index (χ0) is 12.1. The minimum Gasteiger partial charge on any atom is -0.292 e. The molecular formula is C14H14N2O. The summed E-state index contributed by atoms with van der Waals surface area (Å²) in [5.74, 6) is 0.0561. The zero-order valence-electron chi connectivity index (χ0n) is 9.68. The lowest BCUT2D eigenvalue weighted by atomic mass is 10.2. The smallest absolute Gasteiger partial charge is 0.182 e. The predicted octanol–water partition coefficient (Wildman–Crippen LogP) is 3.17. The summed E-state index contributed by atoms with van der Waals surface area (Å²) in [6, 6.07) is 11.8. The van der Waals surface area contributed by atoms with Crippen LogP contribution in [0.4, 0.5) is 0 Å². The molecule has 0 aliphatic rings. The number of nitrogens with zero attached hydrogens (tertiary/aromatic N) is 1. The second-order valence-corrected chi connectivity index (χ2v) is 3.73. The van der Waals surface area contributed by atoms with Crippen molar-refractivity contribution in [1.82, 2.24) is 10.2 Å². The molecule has 17 heavy (non-hydrogen) atoms. The fourth-order valence-electron chi connectivity index (χ4n) is 1.50. The van der Waals surface area contributed by atoms with E-state index in [-0.39, 0.29) is 5.78 Å². The Morgan fingerprint density at radius 3 is 2.76 bits per heavy atom. The molecule has 1 aromatic heterocycles. The van der Waals surface area contributed by atoms with E-state index in [9.17, 15) is 4.79 Å². The monoisotopic (exact) mass is 226 g/mol. The van der Waals surface area contributed by atoms with Gasteiger partial charge in [-0.25, -0.2) is 0 Å². The number of rotatable bonds is 4. The first-order chi connectivity index (χ1) is 8.29. The van der Waals surface area contributed by atoms with Gasteiger partial charge in [0.05, 0.1) is 5.69 Å². The van der Waals surface area contributed by atoms with Crippen LogP contribution in [0.3, 0.4) is 0 Å². The number of H-pyrrole nitrogens is 1. The number of aromatic nitrogens is 2. The summed E-state index contributed by atoms with van der Waals surface area (Å²) in [5, 5.41) is 6.81. The van der Waals surface area contributed by atoms with Crippen molar-refractivity contribution >= 4 is 17.9 Å². The fourth-order valence-corrected chi connectivity index (χ4v) is 1.50. The van der Waals surface area contributed by atoms with Crippen molar-refractivity contribution in [1.29, 1.82) is 0 Å². The number of carbonyl (C=O) groups excluding carboxylic acids is 1. The molecule has 0 unspecified atom stereocenters. The molecule has 1 aromatic carbocycles. The first-order valence-corrected chi connectivity index (χ1v) is 5.61. The summed E-state index contributed by atoms with van der Waals surface area (Å²) in [4.78, 5) is 11.4. The van der Waals surface area contributed by atoms with E-state index in [4.69, 9.17) is 0 Å². The Hall–Kier alpha value is -2.16. The third kappa shape index (κ3) is 2.91. The molecule has 0 aliphatic heterocycles. The molecule has 0 atom stereocenters. The van der Waals surface area contributed by atoms with E-state index in [1.54, 1.807) is 6.07 Å². The lowest BCUT2D eigenvalue weighted by molar-refractivity contribution is 0.0983. The summed E-state index contributed by atoms with van der Waals surface area (Å²) < 4.78 is 0. The molecule has 3 heteroatoms. The molecular weight excluding hydrogens is 212 g/mol. The number of benzene rings is 1. The number of carbonyl (C=O) groups is 1. The molecule has 0 saturated heterocycles. The van der Waals surface area contributed by atoms with Gasteiger partial charge in [-0.15, -0.1) is 0 Å². The van der Waals surface area contributed by atoms with Crippen LogP contribution in [0.1, 0.15) is 35.1 Å². The standard InChI is InChI=1S/C14H14N2O/c1-2-14(17)13-10-12(15-16-13)9-8-11-6-4-3-5-7-11/h3-10H,2H2,1H3,(H,15,16)/b9-8+. The molecule has 2 rings (SSSR count). The molecule has 1 heterocycles. The second-order valence-electron chi connectivity index (χ2n) is 3.73. The Bertz CT molecular complexity index is 526. The molecule has 0 bridgehead atoms. The maximum atomic E-state index is 11.4. The highest BCUT2D eigenvalue weighted by molar-refractivity contribution is 5.94. The van der Waals surface area contributed by atoms with Gasteiger partial charge in [0.1, 0.15) is 5.69 Å². The summed E-state index contributed by atoms with van der Waals surface area (Å²) in [7, 11) is 0. The minimum absolute atomic E-state index is 0.0561. The van der Waals surface area contributed by atoms with Crippen molar-refractivity contribution in [2.45, 2.75) is 13.3 Å². The van der Waals surface area contributed by atoms with Crippen molar-refractivity contribution < 1.29 is 4.79 Å². The van der Waals surface area contributed by atoms with Gasteiger partial charge in [0.15, 0.2) is 5.78 Å². The quantitative estimate of drug-likeness (QED) is 0.814. The van der Waals surface area contributed by atoms with Gasteiger partial charge in [0, 0.05) is 6.42 Å². The molecule has 0 spiro atoms. The normalized spacial score (nSPS) is 10.9. The predicted molar refractivity (Wildman–Crippen MR) is 68.6 cm³/mol. The van der Waals surface area contributed by atoms with Gasteiger partial charge in [-0.3, -0.25) is 9.89 Å². The highest BCUT2D eigenvalue weighted by Gasteiger charge is 2.06. The first-order valence-electron chi connectivity index (χ1n) is 5.61. The minimum atomic E-state index is 0.0561. The Labute approximate surface area is 100 Å². The molecule has 1 N–H and O–H groups in total. The van der Waals surface area contributed by atoms with Crippen LogP contribution in [-0.4, -0.2) is 16.0 Å². The number of ketones is 1. The average molecular weight is 226 g/mol. The van der Waals surface area contributed by atoms with E-state index < -0.39 is 0 Å². The Morgan fingerprint density at radius 2 is 2.06 bits per heavy atom. The summed E-state index contributed by atoms with van der Waals surface area (Å²) in [5.41, 5.74) is 2.45. The number of nitrogens with one attached hydrogen (secondary N) is 1. The zero-order valence-corrected chi connectivity index (χ0v) is 9.68. The lowest BCUT2D eigenvalue weighted by Gasteiger charge is -1.89. The SMILES string of the molecule is CCC(=O)c1cc(/C=C/c2ccccc2)[nH]n1. The van der Waals surface area contributed by atoms with Crippen LogP contribution in [0.25, 0.3) is 12.2 Å². The van der Waals surface area contributed by atoms with Gasteiger partial charge in [0.2, 0.25) is 0 Å². The third-order valence-corrected chi connectivity index (χ3v) is 2.46. The van der Waals surface area contributed by atoms with Gasteiger partial charge >= 0.3 is 0 Å². The summed E-state index contributed by atoms with van der Waals surface area (Å²) in [6.45, 7) is 1.83. The van der Waals surface area contributed by atoms with Crippen LogP contribution in [0.2, 0.25) is 0 Å². The molecule has 0 aliphatic carbocycles. The maximum Gasteiger partial charge on any atom is 0.182 e. The van der Waals surface area contributed by atoms with E-state index in [0.717, 1.165) is 11.3 Å². The van der Waals surface area contributed by atoms with Crippen LogP contribution in [0.15, 0.2) is 36.4 Å². The van der Waals surface area contributed by atoms with Gasteiger partial charge in [0.25, 0.3) is 0 Å². The van der Waals surface area contributed by atoms with Crippen molar-refractivity contribution in [2.24, 2.45) is 0 Å². The van der Waals surface area contributed by atoms with Crippen LogP contribution < -0.4 is 0 Å². The van der Waals surface area contributed by atoms with E-state index >= 15 is 0 Å². The lowest BCUT2D eigenvalue weighted by Crippen LogP contribution is -1.95. The third-order valence-electron chi connectivity index (χ3n) is 2.46. The van der Waals surface area contributed by atoms with Gasteiger partial charge in [-0.05, 0) is 17.7 Å². The number of Topliss-reactive ketones (excluding diaryl/α,β-unsaturated/α-hetero) is 1. The van der Waals surface area contributed by atoms with Gasteiger partial charge in [-0.1, -0.05) is 43.3 Å². The molecule has 0 amide bonds. The number of hydrogen-bond donors (Lipinski definition) is 1. The fraction of sp³-hybridized carbons (Fsp3) is 0.143. The van der Waals surface area contributed by atoms with Crippen LogP contribution in [0.5, 0.6) is 0 Å². The molecule has 0 saturated carbocycles. The second kappa shape index (κ2) is 5.25. The Balaban J connectivity index is 2.12. The van der Waals surface area contributed by atoms with Gasteiger partial charge in [-0.2, -0.15) is 5.10 Å². The largest absolute Gasteiger partial charge is 0.292 e. The van der Waals surface area contributed by atoms with Crippen molar-refractivity contribution in [3.8, 4) is 0 Å². The van der Waals surface area contributed by atoms with E-state index in [1.165, 1.54) is 0 Å². The highest BCUT2D eigenvalue weighted by Crippen LogP contribution is 2.08. The van der Waals surface area contributed by atoms with Crippen LogP contribution in [-0.2, 0) is 0 Å². The van der Waals surface area contributed by atoms with Crippen molar-refractivity contribution in [2.75, 3.05) is 0 Å². The number of hydrogen-bond acceptors (Lipinski definition) is 2. The van der Waals surface area contributed by atoms with E-state index in [2.05, 4.69) is 10.2 Å². The molecule has 3 nitrogen and oxygen atoms in total. The Morgan fingerprint density at radius 1 is 1.29 bits per heavy atom.